The van der Waals surface area contributed by atoms with Crippen molar-refractivity contribution in [3.8, 4) is 11.5 Å². The van der Waals surface area contributed by atoms with Crippen LogP contribution in [0.1, 0.15) is 18.5 Å². The second kappa shape index (κ2) is 8.11. The van der Waals surface area contributed by atoms with Gasteiger partial charge in [-0.05, 0) is 52.7 Å². The molecular formula is C20H25BrN2O2. The fourth-order valence-corrected chi connectivity index (χ4v) is 3.71. The minimum atomic E-state index is 0.410. The molecule has 5 heteroatoms. The molecule has 1 fully saturated rings. The normalized spacial score (nSPS) is 16.6. The summed E-state index contributed by atoms with van der Waals surface area (Å²) < 4.78 is 11.7. The Hall–Kier alpha value is -1.72. The number of rotatable bonds is 5. The predicted molar refractivity (Wildman–Crippen MR) is 106 cm³/mol. The molecule has 1 heterocycles. The highest BCUT2D eigenvalue weighted by Gasteiger charge is 2.22. The van der Waals surface area contributed by atoms with Crippen molar-refractivity contribution in [2.45, 2.75) is 13.0 Å². The third kappa shape index (κ3) is 4.10. The van der Waals surface area contributed by atoms with Crippen LogP contribution in [0.25, 0.3) is 0 Å². The second-order valence-electron chi connectivity index (χ2n) is 6.29. The van der Waals surface area contributed by atoms with Gasteiger partial charge in [0.2, 0.25) is 0 Å². The molecule has 1 aliphatic rings. The number of nitrogens with zero attached hydrogens (tertiary/aromatic N) is 2. The van der Waals surface area contributed by atoms with Crippen LogP contribution in [-0.2, 0) is 0 Å². The Labute approximate surface area is 158 Å². The summed E-state index contributed by atoms with van der Waals surface area (Å²) in [5, 5.41) is 0. The molecule has 0 bridgehead atoms. The van der Waals surface area contributed by atoms with Crippen molar-refractivity contribution in [1.29, 1.82) is 0 Å². The molecule has 1 aliphatic heterocycles. The van der Waals surface area contributed by atoms with E-state index in [4.69, 9.17) is 9.47 Å². The molecule has 3 rings (SSSR count). The summed E-state index contributed by atoms with van der Waals surface area (Å²) in [4.78, 5) is 4.96. The summed E-state index contributed by atoms with van der Waals surface area (Å²) >= 11 is 3.52. The Morgan fingerprint density at radius 3 is 2.20 bits per heavy atom. The van der Waals surface area contributed by atoms with E-state index in [0.29, 0.717) is 6.04 Å². The molecule has 1 atom stereocenters. The van der Waals surface area contributed by atoms with Crippen molar-refractivity contribution in [1.82, 2.24) is 4.90 Å². The van der Waals surface area contributed by atoms with Crippen molar-refractivity contribution in [2.75, 3.05) is 45.3 Å². The van der Waals surface area contributed by atoms with Gasteiger partial charge in [0.15, 0.2) is 0 Å². The van der Waals surface area contributed by atoms with Gasteiger partial charge in [-0.2, -0.15) is 0 Å². The largest absolute Gasteiger partial charge is 0.497 e. The maximum atomic E-state index is 5.42. The van der Waals surface area contributed by atoms with Crippen LogP contribution < -0.4 is 14.4 Å². The van der Waals surface area contributed by atoms with Gasteiger partial charge in [-0.1, -0.05) is 12.1 Å². The van der Waals surface area contributed by atoms with Crippen LogP contribution in [0.5, 0.6) is 11.5 Å². The van der Waals surface area contributed by atoms with Gasteiger partial charge >= 0.3 is 0 Å². The van der Waals surface area contributed by atoms with Crippen molar-refractivity contribution >= 4 is 21.6 Å². The van der Waals surface area contributed by atoms with Gasteiger partial charge in [0.1, 0.15) is 11.5 Å². The molecule has 2 aromatic rings. The Balaban J connectivity index is 1.62. The molecule has 25 heavy (non-hydrogen) atoms. The lowest BCUT2D eigenvalue weighted by molar-refractivity contribution is 0.198. The predicted octanol–water partition coefficient (Wildman–Crippen LogP) is 4.35. The fraction of sp³-hybridized carbons (Fsp3) is 0.400. The monoisotopic (exact) mass is 404 g/mol. The van der Waals surface area contributed by atoms with E-state index in [1.807, 2.05) is 12.1 Å². The second-order valence-corrected chi connectivity index (χ2v) is 7.15. The van der Waals surface area contributed by atoms with E-state index in [1.54, 1.807) is 14.2 Å². The number of anilines is 1. The van der Waals surface area contributed by atoms with E-state index in [2.05, 4.69) is 63.0 Å². The Bertz CT molecular complexity index is 697. The van der Waals surface area contributed by atoms with Crippen molar-refractivity contribution in [3.63, 3.8) is 0 Å². The van der Waals surface area contributed by atoms with Crippen LogP contribution >= 0.6 is 15.9 Å². The van der Waals surface area contributed by atoms with Crippen LogP contribution in [0.2, 0.25) is 0 Å². The summed E-state index contributed by atoms with van der Waals surface area (Å²) in [7, 11) is 3.41. The average molecular weight is 405 g/mol. The first-order valence-electron chi connectivity index (χ1n) is 8.59. The highest BCUT2D eigenvalue weighted by molar-refractivity contribution is 9.10. The summed E-state index contributed by atoms with van der Waals surface area (Å²) in [5.41, 5.74) is 2.55. The first-order valence-corrected chi connectivity index (χ1v) is 9.38. The van der Waals surface area contributed by atoms with Gasteiger partial charge in [0.25, 0.3) is 0 Å². The zero-order valence-corrected chi connectivity index (χ0v) is 16.6. The van der Waals surface area contributed by atoms with Crippen LogP contribution in [-0.4, -0.2) is 45.3 Å². The number of halogens is 1. The minimum absolute atomic E-state index is 0.410. The smallest absolute Gasteiger partial charge is 0.135 e. The summed E-state index contributed by atoms with van der Waals surface area (Å²) in [6.45, 7) is 6.41. The molecule has 0 aromatic heterocycles. The molecule has 1 saturated heterocycles. The van der Waals surface area contributed by atoms with Gasteiger partial charge in [-0.25, -0.2) is 0 Å². The van der Waals surface area contributed by atoms with E-state index in [-0.39, 0.29) is 0 Å². The summed E-state index contributed by atoms with van der Waals surface area (Å²) in [5.74, 6) is 1.79. The van der Waals surface area contributed by atoms with Crippen LogP contribution in [0.3, 0.4) is 0 Å². The number of benzene rings is 2. The lowest BCUT2D eigenvalue weighted by Gasteiger charge is -2.39. The molecule has 0 radical (unpaired) electrons. The van der Waals surface area contributed by atoms with Gasteiger partial charge in [-0.15, -0.1) is 0 Å². The Morgan fingerprint density at radius 2 is 1.60 bits per heavy atom. The SMILES string of the molecule is COc1ccc(C(C)N2CCN(c3ccc(Br)c(OC)c3)CC2)cc1. The molecule has 0 spiro atoms. The molecule has 0 amide bonds. The standard InChI is InChI=1S/C20H25BrN2O2/c1-15(16-4-7-18(24-2)8-5-16)22-10-12-23(13-11-22)17-6-9-19(21)20(14-17)25-3/h4-9,14-15H,10-13H2,1-3H3. The van der Waals surface area contributed by atoms with Gasteiger partial charge in [0, 0.05) is 44.0 Å². The molecule has 2 aromatic carbocycles. The first kappa shape index (κ1) is 18.1. The van der Waals surface area contributed by atoms with Gasteiger partial charge in [0.05, 0.1) is 18.7 Å². The lowest BCUT2D eigenvalue weighted by atomic mass is 10.1. The number of ether oxygens (including phenoxy) is 2. The maximum absolute atomic E-state index is 5.42. The molecular weight excluding hydrogens is 380 g/mol. The molecule has 4 nitrogen and oxygen atoms in total. The first-order chi connectivity index (χ1) is 12.1. The molecule has 0 N–H and O–H groups in total. The Morgan fingerprint density at radius 1 is 0.920 bits per heavy atom. The quantitative estimate of drug-likeness (QED) is 0.739. The zero-order valence-electron chi connectivity index (χ0n) is 15.0. The van der Waals surface area contributed by atoms with Crippen LogP contribution in [0.15, 0.2) is 46.9 Å². The van der Waals surface area contributed by atoms with E-state index in [9.17, 15) is 0 Å². The van der Waals surface area contributed by atoms with Gasteiger partial charge < -0.3 is 14.4 Å². The van der Waals surface area contributed by atoms with E-state index < -0.39 is 0 Å². The molecule has 0 aliphatic carbocycles. The van der Waals surface area contributed by atoms with E-state index in [1.165, 1.54) is 11.3 Å². The molecule has 0 saturated carbocycles. The van der Waals surface area contributed by atoms with Gasteiger partial charge in [-0.3, -0.25) is 4.90 Å². The lowest BCUT2D eigenvalue weighted by Crippen LogP contribution is -2.47. The molecule has 134 valence electrons. The number of hydrogen-bond acceptors (Lipinski definition) is 4. The zero-order chi connectivity index (χ0) is 17.8. The van der Waals surface area contributed by atoms with Crippen LogP contribution in [0.4, 0.5) is 5.69 Å². The number of piperazine rings is 1. The van der Waals surface area contributed by atoms with Crippen LogP contribution in [0, 0.1) is 0 Å². The average Bonchev–Trinajstić information content (AvgIpc) is 2.68. The van der Waals surface area contributed by atoms with Crippen molar-refractivity contribution < 1.29 is 9.47 Å². The summed E-state index contributed by atoms with van der Waals surface area (Å²) in [6, 6.07) is 15.1. The highest BCUT2D eigenvalue weighted by atomic mass is 79.9. The molecule has 1 unspecified atom stereocenters. The van der Waals surface area contributed by atoms with Crippen molar-refractivity contribution in [2.24, 2.45) is 0 Å². The Kier molecular flexibility index (Phi) is 5.86. The number of hydrogen-bond donors (Lipinski definition) is 0. The minimum Gasteiger partial charge on any atom is -0.497 e. The summed E-state index contributed by atoms with van der Waals surface area (Å²) in [6.07, 6.45) is 0. The van der Waals surface area contributed by atoms with Crippen molar-refractivity contribution in [3.05, 3.63) is 52.5 Å². The van der Waals surface area contributed by atoms with E-state index in [0.717, 1.165) is 42.2 Å². The fourth-order valence-electron chi connectivity index (χ4n) is 3.31. The third-order valence-corrected chi connectivity index (χ3v) is 5.62. The topological polar surface area (TPSA) is 24.9 Å². The third-order valence-electron chi connectivity index (χ3n) is 4.96. The highest BCUT2D eigenvalue weighted by Crippen LogP contribution is 2.31. The van der Waals surface area contributed by atoms with E-state index >= 15 is 0 Å². The number of methoxy groups -OCH3 is 2. The maximum Gasteiger partial charge on any atom is 0.135 e.